The molecule has 0 aromatic heterocycles. The summed E-state index contributed by atoms with van der Waals surface area (Å²) in [7, 11) is 0. The highest BCUT2D eigenvalue weighted by molar-refractivity contribution is 6.31. The maximum Gasteiger partial charge on any atom is 0.307 e. The van der Waals surface area contributed by atoms with E-state index in [-0.39, 0.29) is 6.42 Å². The monoisotopic (exact) mass is 223 g/mol. The molecule has 0 saturated heterocycles. The molecular formula is C11H10ClNO2. The molecule has 1 N–H and O–H groups in total. The molecule has 0 unspecified atom stereocenters. The SMILES string of the molecule is CCc1ccc(Cl)c(CC(=O)O)c1C#N. The molecule has 0 atom stereocenters. The van der Waals surface area contributed by atoms with Crippen LogP contribution in [0.2, 0.25) is 5.02 Å². The molecule has 0 heterocycles. The molecule has 0 aliphatic heterocycles. The Hall–Kier alpha value is -1.53. The van der Waals surface area contributed by atoms with Crippen LogP contribution in [0.25, 0.3) is 0 Å². The number of aryl methyl sites for hydroxylation is 1. The minimum absolute atomic E-state index is 0.213. The smallest absolute Gasteiger partial charge is 0.307 e. The van der Waals surface area contributed by atoms with E-state index in [9.17, 15) is 4.79 Å². The van der Waals surface area contributed by atoms with Gasteiger partial charge in [0, 0.05) is 5.02 Å². The second-order valence-corrected chi connectivity index (χ2v) is 3.50. The summed E-state index contributed by atoms with van der Waals surface area (Å²) < 4.78 is 0. The summed E-state index contributed by atoms with van der Waals surface area (Å²) in [6.07, 6.45) is 0.474. The molecule has 1 aromatic rings. The quantitative estimate of drug-likeness (QED) is 0.856. The fourth-order valence-corrected chi connectivity index (χ4v) is 1.65. The van der Waals surface area contributed by atoms with Gasteiger partial charge < -0.3 is 5.11 Å². The Morgan fingerprint density at radius 1 is 1.60 bits per heavy atom. The van der Waals surface area contributed by atoms with Gasteiger partial charge >= 0.3 is 5.97 Å². The molecule has 0 radical (unpaired) electrons. The Kier molecular flexibility index (Phi) is 3.70. The van der Waals surface area contributed by atoms with E-state index in [1.54, 1.807) is 12.1 Å². The van der Waals surface area contributed by atoms with Crippen LogP contribution in [-0.2, 0) is 17.6 Å². The molecule has 3 nitrogen and oxygen atoms in total. The average Bonchev–Trinajstić information content (AvgIpc) is 2.20. The lowest BCUT2D eigenvalue weighted by Gasteiger charge is -2.08. The third kappa shape index (κ3) is 2.48. The Balaban J connectivity index is 3.33. The number of nitrogens with zero attached hydrogens (tertiary/aromatic N) is 1. The first-order valence-electron chi connectivity index (χ1n) is 4.52. The Morgan fingerprint density at radius 3 is 2.73 bits per heavy atom. The van der Waals surface area contributed by atoms with Gasteiger partial charge in [0.2, 0.25) is 0 Å². The number of benzene rings is 1. The number of hydrogen-bond acceptors (Lipinski definition) is 2. The summed E-state index contributed by atoms with van der Waals surface area (Å²) in [5.74, 6) is -0.985. The number of rotatable bonds is 3. The van der Waals surface area contributed by atoms with Gasteiger partial charge in [-0.15, -0.1) is 0 Å². The lowest BCUT2D eigenvalue weighted by molar-refractivity contribution is -0.136. The molecule has 15 heavy (non-hydrogen) atoms. The van der Waals surface area contributed by atoms with E-state index in [0.717, 1.165) is 5.56 Å². The van der Waals surface area contributed by atoms with Gasteiger partial charge in [-0.1, -0.05) is 24.6 Å². The third-order valence-electron chi connectivity index (χ3n) is 2.16. The normalized spacial score (nSPS) is 9.67. The van der Waals surface area contributed by atoms with Crippen LogP contribution in [0.1, 0.15) is 23.6 Å². The predicted molar refractivity (Wildman–Crippen MR) is 56.9 cm³/mol. The molecule has 0 spiro atoms. The van der Waals surface area contributed by atoms with Crippen LogP contribution in [0.5, 0.6) is 0 Å². The van der Waals surface area contributed by atoms with Gasteiger partial charge in [-0.3, -0.25) is 4.79 Å². The zero-order valence-corrected chi connectivity index (χ0v) is 9.01. The zero-order chi connectivity index (χ0) is 11.4. The van der Waals surface area contributed by atoms with E-state index >= 15 is 0 Å². The van der Waals surface area contributed by atoms with Gasteiger partial charge in [-0.25, -0.2) is 0 Å². The molecule has 78 valence electrons. The van der Waals surface area contributed by atoms with Crippen LogP contribution in [0.3, 0.4) is 0 Å². The van der Waals surface area contributed by atoms with Gasteiger partial charge in [0.1, 0.15) is 0 Å². The number of carboxylic acid groups (broad SMARTS) is 1. The number of carboxylic acids is 1. The van der Waals surface area contributed by atoms with Gasteiger partial charge in [0.25, 0.3) is 0 Å². The van der Waals surface area contributed by atoms with Crippen molar-refractivity contribution in [1.82, 2.24) is 0 Å². The average molecular weight is 224 g/mol. The van der Waals surface area contributed by atoms with E-state index in [4.69, 9.17) is 22.0 Å². The number of aliphatic carboxylic acids is 1. The van der Waals surface area contributed by atoms with Gasteiger partial charge in [0.15, 0.2) is 0 Å². The first-order chi connectivity index (χ1) is 7.10. The Labute approximate surface area is 92.9 Å². The molecule has 0 aliphatic carbocycles. The van der Waals surface area contributed by atoms with Gasteiger partial charge in [-0.05, 0) is 23.6 Å². The summed E-state index contributed by atoms with van der Waals surface area (Å²) in [6, 6.07) is 5.41. The zero-order valence-electron chi connectivity index (χ0n) is 8.25. The predicted octanol–water partition coefficient (Wildman–Crippen LogP) is 2.40. The lowest BCUT2D eigenvalue weighted by atomic mass is 9.98. The van der Waals surface area contributed by atoms with Crippen LogP contribution in [0, 0.1) is 11.3 Å². The number of hydrogen-bond donors (Lipinski definition) is 1. The number of nitriles is 1. The molecule has 1 aromatic carbocycles. The van der Waals surface area contributed by atoms with E-state index < -0.39 is 5.97 Å². The van der Waals surface area contributed by atoms with Crippen LogP contribution in [-0.4, -0.2) is 11.1 Å². The molecule has 0 aliphatic rings. The van der Waals surface area contributed by atoms with Crippen LogP contribution in [0.4, 0.5) is 0 Å². The fourth-order valence-electron chi connectivity index (χ4n) is 1.43. The van der Waals surface area contributed by atoms with E-state index in [1.165, 1.54) is 0 Å². The van der Waals surface area contributed by atoms with Crippen molar-refractivity contribution < 1.29 is 9.90 Å². The summed E-state index contributed by atoms with van der Waals surface area (Å²) in [4.78, 5) is 10.6. The molecule has 4 heteroatoms. The van der Waals surface area contributed by atoms with E-state index in [1.807, 2.05) is 13.0 Å². The van der Waals surface area contributed by atoms with Crippen molar-refractivity contribution in [2.45, 2.75) is 19.8 Å². The van der Waals surface area contributed by atoms with Crippen LogP contribution >= 0.6 is 11.6 Å². The first-order valence-corrected chi connectivity index (χ1v) is 4.90. The highest BCUT2D eigenvalue weighted by Crippen LogP contribution is 2.24. The Morgan fingerprint density at radius 2 is 2.27 bits per heavy atom. The fraction of sp³-hybridized carbons (Fsp3) is 0.273. The molecular weight excluding hydrogens is 214 g/mol. The van der Waals surface area contributed by atoms with Crippen molar-refractivity contribution in [1.29, 1.82) is 5.26 Å². The topological polar surface area (TPSA) is 61.1 Å². The maximum absolute atomic E-state index is 10.6. The lowest BCUT2D eigenvalue weighted by Crippen LogP contribution is -2.05. The van der Waals surface area contributed by atoms with E-state index in [2.05, 4.69) is 0 Å². The number of halogens is 1. The highest BCUT2D eigenvalue weighted by Gasteiger charge is 2.13. The van der Waals surface area contributed by atoms with Gasteiger partial charge in [0.05, 0.1) is 18.1 Å². The Bertz CT molecular complexity index is 435. The summed E-state index contributed by atoms with van der Waals surface area (Å²) in [6.45, 7) is 1.91. The molecule has 0 fully saturated rings. The molecule has 0 bridgehead atoms. The van der Waals surface area contributed by atoms with Crippen molar-refractivity contribution in [3.05, 3.63) is 33.8 Å². The van der Waals surface area contributed by atoms with Crippen molar-refractivity contribution in [3.63, 3.8) is 0 Å². The summed E-state index contributed by atoms with van der Waals surface area (Å²) >= 11 is 5.87. The summed E-state index contributed by atoms with van der Waals surface area (Å²) in [5, 5.41) is 18.0. The minimum Gasteiger partial charge on any atom is -0.481 e. The first kappa shape index (κ1) is 11.5. The molecule has 0 amide bonds. The van der Waals surface area contributed by atoms with Crippen molar-refractivity contribution >= 4 is 17.6 Å². The second kappa shape index (κ2) is 4.81. The van der Waals surface area contributed by atoms with Crippen LogP contribution < -0.4 is 0 Å². The second-order valence-electron chi connectivity index (χ2n) is 3.10. The standard InChI is InChI=1S/C11H10ClNO2/c1-2-7-3-4-10(12)8(5-11(14)15)9(7)6-13/h3-4H,2,5H2,1H3,(H,14,15). The molecule has 1 rings (SSSR count). The third-order valence-corrected chi connectivity index (χ3v) is 2.52. The summed E-state index contributed by atoms with van der Waals surface area (Å²) in [5.41, 5.74) is 1.64. The van der Waals surface area contributed by atoms with Crippen LogP contribution in [0.15, 0.2) is 12.1 Å². The highest BCUT2D eigenvalue weighted by atomic mass is 35.5. The maximum atomic E-state index is 10.6. The minimum atomic E-state index is -0.985. The van der Waals surface area contributed by atoms with Gasteiger partial charge in [-0.2, -0.15) is 5.26 Å². The van der Waals surface area contributed by atoms with Crippen molar-refractivity contribution in [2.24, 2.45) is 0 Å². The van der Waals surface area contributed by atoms with Crippen molar-refractivity contribution in [2.75, 3.05) is 0 Å². The van der Waals surface area contributed by atoms with E-state index in [0.29, 0.717) is 22.6 Å². The molecule has 0 saturated carbocycles. The number of carbonyl (C=O) groups is 1. The van der Waals surface area contributed by atoms with Crippen molar-refractivity contribution in [3.8, 4) is 6.07 Å². The largest absolute Gasteiger partial charge is 0.481 e.